The van der Waals surface area contributed by atoms with E-state index < -0.39 is 5.97 Å². The molecule has 1 amide bonds. The summed E-state index contributed by atoms with van der Waals surface area (Å²) in [6, 6.07) is 6.32. The Bertz CT molecular complexity index is 779. The summed E-state index contributed by atoms with van der Waals surface area (Å²) < 4.78 is 10.6. The van der Waals surface area contributed by atoms with E-state index in [4.69, 9.17) is 20.8 Å². The van der Waals surface area contributed by atoms with Gasteiger partial charge in [0, 0.05) is 5.69 Å². The summed E-state index contributed by atoms with van der Waals surface area (Å²) in [6.07, 6.45) is 3.50. The lowest BCUT2D eigenvalue weighted by atomic mass is 10.1. The van der Waals surface area contributed by atoms with Crippen LogP contribution in [0.1, 0.15) is 46.2 Å². The van der Waals surface area contributed by atoms with Gasteiger partial charge in [0.2, 0.25) is 0 Å². The molecule has 3 rings (SSSR count). The van der Waals surface area contributed by atoms with Crippen molar-refractivity contribution in [3.63, 3.8) is 0 Å². The molecule has 0 bridgehead atoms. The number of amides is 1. The van der Waals surface area contributed by atoms with E-state index in [-0.39, 0.29) is 17.6 Å². The summed E-state index contributed by atoms with van der Waals surface area (Å²) in [6.45, 7) is 3.59. The van der Waals surface area contributed by atoms with Gasteiger partial charge in [-0.1, -0.05) is 11.6 Å². The molecule has 1 heterocycles. The quantitative estimate of drug-likeness (QED) is 0.811. The van der Waals surface area contributed by atoms with Crippen molar-refractivity contribution in [1.29, 1.82) is 0 Å². The van der Waals surface area contributed by atoms with Crippen LogP contribution in [0.5, 0.6) is 0 Å². The minimum absolute atomic E-state index is 0.125. The molecular weight excluding hydrogens is 330 g/mol. The molecule has 1 saturated carbocycles. The summed E-state index contributed by atoms with van der Waals surface area (Å²) in [5.41, 5.74) is 1.15. The fourth-order valence-corrected chi connectivity index (χ4v) is 2.67. The number of benzene rings is 1. The van der Waals surface area contributed by atoms with Gasteiger partial charge >= 0.3 is 5.97 Å². The molecule has 0 radical (unpaired) electrons. The molecule has 1 N–H and O–H groups in total. The smallest absolute Gasteiger partial charge is 0.340 e. The van der Waals surface area contributed by atoms with Gasteiger partial charge in [-0.3, -0.25) is 4.79 Å². The molecule has 24 heavy (non-hydrogen) atoms. The highest BCUT2D eigenvalue weighted by Gasteiger charge is 2.31. The zero-order valence-corrected chi connectivity index (χ0v) is 14.2. The van der Waals surface area contributed by atoms with Gasteiger partial charge in [0.25, 0.3) is 5.91 Å². The third-order valence-electron chi connectivity index (χ3n) is 4.13. The Morgan fingerprint density at radius 3 is 2.67 bits per heavy atom. The molecule has 1 aromatic carbocycles. The first-order valence-electron chi connectivity index (χ1n) is 7.81. The average Bonchev–Trinajstić information content (AvgIpc) is 3.30. The molecule has 1 atom stereocenters. The van der Waals surface area contributed by atoms with E-state index in [1.807, 2.05) is 6.92 Å². The first-order chi connectivity index (χ1) is 11.5. The van der Waals surface area contributed by atoms with Crippen molar-refractivity contribution in [2.24, 2.45) is 5.92 Å². The van der Waals surface area contributed by atoms with Crippen molar-refractivity contribution in [1.82, 2.24) is 0 Å². The lowest BCUT2D eigenvalue weighted by Gasteiger charge is -2.14. The van der Waals surface area contributed by atoms with E-state index in [1.54, 1.807) is 25.1 Å². The molecule has 126 valence electrons. The molecule has 0 saturated heterocycles. The molecule has 1 aliphatic carbocycles. The maximum atomic E-state index is 12.3. The van der Waals surface area contributed by atoms with Crippen molar-refractivity contribution in [2.75, 3.05) is 5.32 Å². The van der Waals surface area contributed by atoms with Crippen LogP contribution >= 0.6 is 11.6 Å². The molecule has 2 aromatic rings. The first kappa shape index (κ1) is 16.6. The van der Waals surface area contributed by atoms with E-state index in [0.29, 0.717) is 28.0 Å². The van der Waals surface area contributed by atoms with Crippen LogP contribution in [0.15, 0.2) is 34.9 Å². The summed E-state index contributed by atoms with van der Waals surface area (Å²) >= 11 is 6.10. The second-order valence-electron chi connectivity index (χ2n) is 5.99. The third kappa shape index (κ3) is 3.62. The minimum atomic E-state index is -0.477. The van der Waals surface area contributed by atoms with Gasteiger partial charge < -0.3 is 14.5 Å². The van der Waals surface area contributed by atoms with Crippen LogP contribution in [0.4, 0.5) is 5.69 Å². The zero-order valence-electron chi connectivity index (χ0n) is 13.5. The molecule has 1 unspecified atom stereocenters. The predicted octanol–water partition coefficient (Wildman–Crippen LogP) is 4.45. The topological polar surface area (TPSA) is 68.5 Å². The van der Waals surface area contributed by atoms with Crippen LogP contribution in [0, 0.1) is 12.8 Å². The highest BCUT2D eigenvalue weighted by molar-refractivity contribution is 6.33. The minimum Gasteiger partial charge on any atom is -0.469 e. The van der Waals surface area contributed by atoms with E-state index in [2.05, 4.69) is 5.32 Å². The number of esters is 1. The van der Waals surface area contributed by atoms with Crippen LogP contribution in [0.25, 0.3) is 0 Å². The highest BCUT2D eigenvalue weighted by Crippen LogP contribution is 2.34. The normalized spacial score (nSPS) is 15.0. The van der Waals surface area contributed by atoms with Gasteiger partial charge in [-0.25, -0.2) is 4.79 Å². The number of carbonyl (C=O) groups excluding carboxylic acids is 2. The van der Waals surface area contributed by atoms with Gasteiger partial charge in [0.1, 0.15) is 11.9 Å². The zero-order chi connectivity index (χ0) is 17.3. The number of furan rings is 1. The Balaban J connectivity index is 1.74. The Labute approximate surface area is 144 Å². The monoisotopic (exact) mass is 347 g/mol. The second kappa shape index (κ2) is 6.69. The third-order valence-corrected chi connectivity index (χ3v) is 4.46. The maximum absolute atomic E-state index is 12.3. The van der Waals surface area contributed by atoms with E-state index >= 15 is 0 Å². The number of rotatable bonds is 5. The second-order valence-corrected chi connectivity index (χ2v) is 6.39. The fourth-order valence-electron chi connectivity index (χ4n) is 2.47. The van der Waals surface area contributed by atoms with Gasteiger partial charge in [-0.05, 0) is 56.9 Å². The molecule has 1 aliphatic rings. The van der Waals surface area contributed by atoms with Gasteiger partial charge in [-0.15, -0.1) is 0 Å². The standard InChI is InChI=1S/C18H18ClNO4/c1-10(12-3-4-12)24-18(22)15-9-13(5-6-16(15)19)20-17(21)14-7-8-23-11(14)2/h5-10,12H,3-4H2,1-2H3,(H,20,21). The number of aryl methyl sites for hydroxylation is 1. The molecule has 0 spiro atoms. The van der Waals surface area contributed by atoms with Gasteiger partial charge in [0.05, 0.1) is 22.4 Å². The molecular formula is C18H18ClNO4. The highest BCUT2D eigenvalue weighted by atomic mass is 35.5. The SMILES string of the molecule is Cc1occc1C(=O)Nc1ccc(Cl)c(C(=O)OC(C)C2CC2)c1. The van der Waals surface area contributed by atoms with E-state index in [9.17, 15) is 9.59 Å². The van der Waals surface area contributed by atoms with Crippen LogP contribution in [0.2, 0.25) is 5.02 Å². The van der Waals surface area contributed by atoms with Crippen LogP contribution in [0.3, 0.4) is 0 Å². The Morgan fingerprint density at radius 2 is 2.04 bits per heavy atom. The number of ether oxygens (including phenoxy) is 1. The van der Waals surface area contributed by atoms with Gasteiger partial charge in [-0.2, -0.15) is 0 Å². The largest absolute Gasteiger partial charge is 0.469 e. The Morgan fingerprint density at radius 1 is 1.29 bits per heavy atom. The average molecular weight is 348 g/mol. The van der Waals surface area contributed by atoms with Crippen LogP contribution < -0.4 is 5.32 Å². The van der Waals surface area contributed by atoms with Crippen LogP contribution in [-0.2, 0) is 4.74 Å². The van der Waals surface area contributed by atoms with Crippen molar-refractivity contribution >= 4 is 29.2 Å². The number of halogens is 1. The first-order valence-corrected chi connectivity index (χ1v) is 8.19. The number of carbonyl (C=O) groups is 2. The number of hydrogen-bond donors (Lipinski definition) is 1. The Kier molecular flexibility index (Phi) is 4.62. The lowest BCUT2D eigenvalue weighted by Crippen LogP contribution is -2.18. The predicted molar refractivity (Wildman–Crippen MR) is 90.5 cm³/mol. The molecule has 1 aromatic heterocycles. The molecule has 6 heteroatoms. The van der Waals surface area contributed by atoms with E-state index in [0.717, 1.165) is 12.8 Å². The number of hydrogen-bond acceptors (Lipinski definition) is 4. The van der Waals surface area contributed by atoms with Crippen molar-refractivity contribution in [2.45, 2.75) is 32.8 Å². The van der Waals surface area contributed by atoms with Gasteiger partial charge in [0.15, 0.2) is 0 Å². The molecule has 0 aliphatic heterocycles. The molecule has 1 fully saturated rings. The van der Waals surface area contributed by atoms with Crippen molar-refractivity contribution < 1.29 is 18.7 Å². The van der Waals surface area contributed by atoms with Crippen molar-refractivity contribution in [3.8, 4) is 0 Å². The van der Waals surface area contributed by atoms with Crippen LogP contribution in [-0.4, -0.2) is 18.0 Å². The lowest BCUT2D eigenvalue weighted by molar-refractivity contribution is 0.0295. The number of anilines is 1. The summed E-state index contributed by atoms with van der Waals surface area (Å²) in [5.74, 6) is 0.184. The summed E-state index contributed by atoms with van der Waals surface area (Å²) in [5, 5.41) is 3.02. The molecule has 5 nitrogen and oxygen atoms in total. The fraction of sp³-hybridized carbons (Fsp3) is 0.333. The summed E-state index contributed by atoms with van der Waals surface area (Å²) in [7, 11) is 0. The Hall–Kier alpha value is -2.27. The summed E-state index contributed by atoms with van der Waals surface area (Å²) in [4.78, 5) is 24.5. The number of nitrogens with one attached hydrogen (secondary N) is 1. The van der Waals surface area contributed by atoms with Crippen molar-refractivity contribution in [3.05, 3.63) is 52.4 Å². The van der Waals surface area contributed by atoms with E-state index in [1.165, 1.54) is 12.3 Å². The maximum Gasteiger partial charge on any atom is 0.340 e.